The molecular formula is C18H26N4O6. The minimum atomic E-state index is -0.988. The van der Waals surface area contributed by atoms with Gasteiger partial charge in [0.15, 0.2) is 5.78 Å². The van der Waals surface area contributed by atoms with E-state index in [0.717, 1.165) is 30.3 Å². The van der Waals surface area contributed by atoms with Gasteiger partial charge < -0.3 is 20.9 Å². The van der Waals surface area contributed by atoms with Crippen molar-refractivity contribution in [1.29, 1.82) is 0 Å². The Morgan fingerprint density at radius 2 is 2.07 bits per heavy atom. The smallest absolute Gasteiger partial charge is 0.330 e. The van der Waals surface area contributed by atoms with Gasteiger partial charge in [-0.2, -0.15) is 0 Å². The highest BCUT2D eigenvalue weighted by Crippen LogP contribution is 2.23. The molecule has 5 N–H and O–H groups in total. The Labute approximate surface area is 161 Å². The number of amides is 1. The monoisotopic (exact) mass is 394 g/mol. The highest BCUT2D eigenvalue weighted by atomic mass is 16.5. The van der Waals surface area contributed by atoms with Gasteiger partial charge in [-0.25, -0.2) is 4.79 Å². The van der Waals surface area contributed by atoms with Crippen LogP contribution in [0.4, 0.5) is 0 Å². The van der Waals surface area contributed by atoms with Crippen molar-refractivity contribution in [3.63, 3.8) is 0 Å². The predicted molar refractivity (Wildman–Crippen MR) is 102 cm³/mol. The van der Waals surface area contributed by atoms with E-state index in [1.165, 1.54) is 18.3 Å². The van der Waals surface area contributed by atoms with Gasteiger partial charge in [0.05, 0.1) is 18.6 Å². The van der Waals surface area contributed by atoms with Crippen LogP contribution in [0.2, 0.25) is 0 Å². The number of aliphatic hydroxyl groups excluding tert-OH is 1. The lowest BCUT2D eigenvalue weighted by Crippen LogP contribution is -2.33. The number of H-pyrrole nitrogens is 1. The van der Waals surface area contributed by atoms with Crippen LogP contribution in [0.5, 0.6) is 0 Å². The maximum atomic E-state index is 12.0. The van der Waals surface area contributed by atoms with Crippen LogP contribution >= 0.6 is 0 Å². The Bertz CT molecular complexity index is 828. The first-order chi connectivity index (χ1) is 13.5. The molecule has 1 aromatic heterocycles. The van der Waals surface area contributed by atoms with Gasteiger partial charge in [-0.1, -0.05) is 12.8 Å². The molecule has 154 valence electrons. The Balaban J connectivity index is 1.99. The van der Waals surface area contributed by atoms with E-state index in [2.05, 4.69) is 10.3 Å². The molecule has 0 spiro atoms. The zero-order valence-corrected chi connectivity index (χ0v) is 15.6. The van der Waals surface area contributed by atoms with Crippen molar-refractivity contribution in [3.05, 3.63) is 38.7 Å². The number of nitrogens with two attached hydrogens (primary N) is 1. The van der Waals surface area contributed by atoms with E-state index >= 15 is 0 Å². The Morgan fingerprint density at radius 3 is 2.75 bits per heavy atom. The number of ether oxygens (including phenoxy) is 1. The molecule has 0 radical (unpaired) electrons. The second-order valence-corrected chi connectivity index (χ2v) is 6.51. The molecule has 0 aliphatic carbocycles. The molecule has 0 unspecified atom stereocenters. The molecule has 0 saturated carbocycles. The molecule has 2 heterocycles. The summed E-state index contributed by atoms with van der Waals surface area (Å²) in [5.41, 5.74) is 4.09. The van der Waals surface area contributed by atoms with Crippen LogP contribution in [0.25, 0.3) is 6.08 Å². The van der Waals surface area contributed by atoms with E-state index in [9.17, 15) is 19.2 Å². The number of Topliss-reactive ketones (excluding diaryl/α,β-unsaturated/α-hetero) is 1. The van der Waals surface area contributed by atoms with Gasteiger partial charge in [0, 0.05) is 18.8 Å². The molecule has 28 heavy (non-hydrogen) atoms. The third kappa shape index (κ3) is 5.98. The summed E-state index contributed by atoms with van der Waals surface area (Å²) < 4.78 is 6.41. The molecule has 10 heteroatoms. The number of unbranched alkanes of at least 4 members (excludes halogenated alkanes) is 3. The van der Waals surface area contributed by atoms with Crippen molar-refractivity contribution in [1.82, 2.24) is 14.9 Å². The average Bonchev–Trinajstić information content (AvgIpc) is 3.04. The third-order valence-corrected chi connectivity index (χ3v) is 4.37. The Hall–Kier alpha value is -2.56. The van der Waals surface area contributed by atoms with Crippen molar-refractivity contribution < 1.29 is 19.4 Å². The first-order valence-electron chi connectivity index (χ1n) is 9.26. The Kier molecular flexibility index (Phi) is 8.30. The third-order valence-electron chi connectivity index (χ3n) is 4.37. The molecule has 1 aromatic rings. The summed E-state index contributed by atoms with van der Waals surface area (Å²) in [6, 6.07) is 0. The average molecular weight is 394 g/mol. The van der Waals surface area contributed by atoms with Gasteiger partial charge in [0.25, 0.3) is 5.56 Å². The minimum absolute atomic E-state index is 0.0705. The number of carbonyl (C=O) groups excluding carboxylic acids is 2. The van der Waals surface area contributed by atoms with Crippen LogP contribution in [0.15, 0.2) is 21.9 Å². The van der Waals surface area contributed by atoms with Gasteiger partial charge in [0.1, 0.15) is 12.3 Å². The SMILES string of the molecule is NCCCCCCNC(=O)/C=C/c1cn([C@H]2CC(=O)[C@@H](CO)O2)c(=O)[nH]c1=O. The lowest BCUT2D eigenvalue weighted by molar-refractivity contribution is -0.124. The zero-order valence-electron chi connectivity index (χ0n) is 15.6. The molecule has 1 aliphatic heterocycles. The maximum Gasteiger partial charge on any atom is 0.330 e. The molecule has 0 aromatic carbocycles. The fourth-order valence-electron chi connectivity index (χ4n) is 2.82. The van der Waals surface area contributed by atoms with Crippen molar-refractivity contribution in [3.8, 4) is 0 Å². The molecule has 2 rings (SSSR count). The summed E-state index contributed by atoms with van der Waals surface area (Å²) in [6.45, 7) is 0.698. The second-order valence-electron chi connectivity index (χ2n) is 6.51. The van der Waals surface area contributed by atoms with Gasteiger partial charge in [-0.3, -0.25) is 23.9 Å². The predicted octanol–water partition coefficient (Wildman–Crippen LogP) is -0.966. The van der Waals surface area contributed by atoms with E-state index in [1.807, 2.05) is 0 Å². The fraction of sp³-hybridized carbons (Fsp3) is 0.556. The van der Waals surface area contributed by atoms with Crippen LogP contribution < -0.4 is 22.3 Å². The number of hydrogen-bond donors (Lipinski definition) is 4. The van der Waals surface area contributed by atoms with Gasteiger partial charge in [-0.05, 0) is 25.5 Å². The quantitative estimate of drug-likeness (QED) is 0.294. The molecule has 10 nitrogen and oxygen atoms in total. The van der Waals surface area contributed by atoms with E-state index in [0.29, 0.717) is 13.1 Å². The van der Waals surface area contributed by atoms with Crippen molar-refractivity contribution in [2.45, 2.75) is 44.4 Å². The van der Waals surface area contributed by atoms with E-state index in [1.54, 1.807) is 0 Å². The van der Waals surface area contributed by atoms with E-state index in [4.69, 9.17) is 15.6 Å². The highest BCUT2D eigenvalue weighted by molar-refractivity contribution is 5.91. The number of hydrogen-bond acceptors (Lipinski definition) is 7. The van der Waals surface area contributed by atoms with Crippen molar-refractivity contribution >= 4 is 17.8 Å². The normalized spacial score (nSPS) is 19.4. The van der Waals surface area contributed by atoms with Gasteiger partial charge in [0.2, 0.25) is 5.91 Å². The van der Waals surface area contributed by atoms with Crippen LogP contribution in [-0.4, -0.2) is 52.1 Å². The number of carbonyl (C=O) groups is 2. The molecule has 0 bridgehead atoms. The molecular weight excluding hydrogens is 368 g/mol. The van der Waals surface area contributed by atoms with Crippen molar-refractivity contribution in [2.24, 2.45) is 5.73 Å². The largest absolute Gasteiger partial charge is 0.393 e. The molecule has 2 atom stereocenters. The summed E-state index contributed by atoms with van der Waals surface area (Å²) in [4.78, 5) is 49.7. The first-order valence-corrected chi connectivity index (χ1v) is 9.26. The molecule has 1 fully saturated rings. The van der Waals surface area contributed by atoms with Crippen LogP contribution in [0.3, 0.4) is 0 Å². The van der Waals surface area contributed by atoms with Gasteiger partial charge in [-0.15, -0.1) is 0 Å². The molecule has 1 amide bonds. The standard InChI is InChI=1S/C18H26N4O6/c19-7-3-1-2-4-8-20-15(25)6-5-12-10-22(18(27)21-17(12)26)16-9-13(24)14(11-23)28-16/h5-6,10,14,16,23H,1-4,7-9,11,19H2,(H,20,25)(H,21,26,27)/b6-5+/t14-,16-/m1/s1. The summed E-state index contributed by atoms with van der Waals surface area (Å²) >= 11 is 0. The Morgan fingerprint density at radius 1 is 1.32 bits per heavy atom. The molecule has 1 saturated heterocycles. The zero-order chi connectivity index (χ0) is 20.5. The summed E-state index contributed by atoms with van der Waals surface area (Å²) in [7, 11) is 0. The highest BCUT2D eigenvalue weighted by Gasteiger charge is 2.34. The van der Waals surface area contributed by atoms with E-state index in [-0.39, 0.29) is 23.7 Å². The topological polar surface area (TPSA) is 157 Å². The van der Waals surface area contributed by atoms with Gasteiger partial charge >= 0.3 is 5.69 Å². The molecule has 1 aliphatic rings. The number of rotatable bonds is 10. The number of aliphatic hydroxyl groups is 1. The van der Waals surface area contributed by atoms with Crippen molar-refractivity contribution in [2.75, 3.05) is 19.7 Å². The first kappa shape index (κ1) is 21.7. The van der Waals surface area contributed by atoms with Crippen LogP contribution in [-0.2, 0) is 14.3 Å². The number of aromatic amines is 1. The fourth-order valence-corrected chi connectivity index (χ4v) is 2.82. The lowest BCUT2D eigenvalue weighted by Gasteiger charge is -2.14. The summed E-state index contributed by atoms with van der Waals surface area (Å²) in [5.74, 6) is -0.683. The van der Waals surface area contributed by atoms with Crippen LogP contribution in [0.1, 0.15) is 43.9 Å². The number of ketones is 1. The van der Waals surface area contributed by atoms with E-state index < -0.39 is 30.2 Å². The summed E-state index contributed by atoms with van der Waals surface area (Å²) in [5, 5.41) is 11.8. The number of nitrogens with one attached hydrogen (secondary N) is 2. The second kappa shape index (κ2) is 10.7. The number of nitrogens with zero attached hydrogens (tertiary/aromatic N) is 1. The summed E-state index contributed by atoms with van der Waals surface area (Å²) in [6.07, 6.45) is 5.52. The maximum absolute atomic E-state index is 12.0. The number of aromatic nitrogens is 2. The minimum Gasteiger partial charge on any atom is -0.393 e. The lowest BCUT2D eigenvalue weighted by atomic mass is 10.2. The van der Waals surface area contributed by atoms with Crippen LogP contribution in [0, 0.1) is 0 Å².